The van der Waals surface area contributed by atoms with Gasteiger partial charge in [-0.2, -0.15) is 0 Å². The summed E-state index contributed by atoms with van der Waals surface area (Å²) in [5.74, 6) is -1.77. The van der Waals surface area contributed by atoms with Crippen LogP contribution in [0.2, 0.25) is 0 Å². The molecule has 0 atom stereocenters. The summed E-state index contributed by atoms with van der Waals surface area (Å²) in [6.45, 7) is 0.751. The van der Waals surface area contributed by atoms with Crippen molar-refractivity contribution in [3.63, 3.8) is 0 Å². The third-order valence-electron chi connectivity index (χ3n) is 1.14. The van der Waals surface area contributed by atoms with Gasteiger partial charge in [0.25, 0.3) is 0 Å². The molecule has 1 fully saturated rings. The number of esters is 1. The third-order valence-corrected chi connectivity index (χ3v) is 1.14. The average molecular weight is 157 g/mol. The Morgan fingerprint density at radius 2 is 2.45 bits per heavy atom. The molecule has 0 aromatic rings. The molecular weight excluding hydrogens is 150 g/mol. The molecule has 11 heavy (non-hydrogen) atoms. The van der Waals surface area contributed by atoms with Crippen LogP contribution in [0.25, 0.3) is 0 Å². The summed E-state index contributed by atoms with van der Waals surface area (Å²) in [6.07, 6.45) is 0.793. The fourth-order valence-electron chi connectivity index (χ4n) is 0.713. The van der Waals surface area contributed by atoms with Gasteiger partial charge >= 0.3 is 11.9 Å². The van der Waals surface area contributed by atoms with E-state index in [1.807, 2.05) is 0 Å². The van der Waals surface area contributed by atoms with Gasteiger partial charge in [0.15, 0.2) is 0 Å². The van der Waals surface area contributed by atoms with Crippen LogP contribution >= 0.6 is 0 Å². The number of ether oxygens (including phenoxy) is 1. The van der Waals surface area contributed by atoms with Gasteiger partial charge in [-0.15, -0.1) is 0 Å². The highest BCUT2D eigenvalue weighted by Gasteiger charge is 2.16. The van der Waals surface area contributed by atoms with Crippen LogP contribution in [0, 0.1) is 0 Å². The van der Waals surface area contributed by atoms with E-state index in [-0.39, 0.29) is 12.3 Å². The zero-order chi connectivity index (χ0) is 8.27. The Balaban J connectivity index is 2.68. The van der Waals surface area contributed by atoms with Crippen molar-refractivity contribution in [1.29, 1.82) is 0 Å². The van der Waals surface area contributed by atoms with E-state index in [1.165, 1.54) is 0 Å². The van der Waals surface area contributed by atoms with Crippen LogP contribution in [0.4, 0.5) is 0 Å². The summed E-state index contributed by atoms with van der Waals surface area (Å²) in [7, 11) is 0. The predicted octanol–water partition coefficient (Wildman–Crippen LogP) is -0.899. The fraction of sp³-hybridized carbons (Fsp3) is 0.333. The maximum Gasteiger partial charge on any atom is 0.354 e. The number of nitrogens with one attached hydrogen (secondary N) is 1. The molecule has 0 aromatic heterocycles. The first-order valence-electron chi connectivity index (χ1n) is 3.06. The maximum atomic E-state index is 10.7. The lowest BCUT2D eigenvalue weighted by atomic mass is 10.3. The highest BCUT2D eigenvalue weighted by Crippen LogP contribution is 1.98. The molecule has 5 heteroatoms. The Kier molecular flexibility index (Phi) is 2.10. The molecule has 0 bridgehead atoms. The van der Waals surface area contributed by atoms with Gasteiger partial charge in [-0.05, 0) is 0 Å². The van der Waals surface area contributed by atoms with Crippen LogP contribution in [-0.2, 0) is 14.3 Å². The van der Waals surface area contributed by atoms with E-state index in [4.69, 9.17) is 5.11 Å². The predicted molar refractivity (Wildman–Crippen MR) is 34.7 cm³/mol. The summed E-state index contributed by atoms with van der Waals surface area (Å²) >= 11 is 0. The van der Waals surface area contributed by atoms with Crippen LogP contribution in [0.1, 0.15) is 0 Å². The third kappa shape index (κ3) is 1.96. The second kappa shape index (κ2) is 3.05. The van der Waals surface area contributed by atoms with Crippen LogP contribution < -0.4 is 5.32 Å². The zero-order valence-electron chi connectivity index (χ0n) is 5.66. The molecule has 0 amide bonds. The molecule has 1 aliphatic heterocycles. The lowest BCUT2D eigenvalue weighted by Gasteiger charge is -2.15. The second-order valence-corrected chi connectivity index (χ2v) is 1.96. The van der Waals surface area contributed by atoms with Crippen LogP contribution in [-0.4, -0.2) is 30.2 Å². The topological polar surface area (TPSA) is 75.6 Å². The molecule has 1 saturated heterocycles. The molecule has 60 valence electrons. The fourth-order valence-corrected chi connectivity index (χ4v) is 0.713. The van der Waals surface area contributed by atoms with E-state index in [0.717, 1.165) is 6.08 Å². The summed E-state index contributed by atoms with van der Waals surface area (Å²) in [4.78, 5) is 20.8. The van der Waals surface area contributed by atoms with Crippen LogP contribution in [0.3, 0.4) is 0 Å². The molecule has 1 rings (SSSR count). The lowest BCUT2D eigenvalue weighted by Crippen LogP contribution is -2.33. The molecule has 1 heterocycles. The number of cyclic esters (lactones) is 1. The van der Waals surface area contributed by atoms with Crippen molar-refractivity contribution in [3.8, 4) is 0 Å². The minimum absolute atomic E-state index is 0.00347. The highest BCUT2D eigenvalue weighted by atomic mass is 16.5. The maximum absolute atomic E-state index is 10.7. The number of carbonyl (C=O) groups is 2. The van der Waals surface area contributed by atoms with Gasteiger partial charge in [0.05, 0.1) is 6.08 Å². The monoisotopic (exact) mass is 157 g/mol. The van der Waals surface area contributed by atoms with Crippen molar-refractivity contribution >= 4 is 11.9 Å². The lowest BCUT2D eigenvalue weighted by molar-refractivity contribution is -0.142. The summed E-state index contributed by atoms with van der Waals surface area (Å²) in [6, 6.07) is 0. The van der Waals surface area contributed by atoms with E-state index in [2.05, 4.69) is 10.1 Å². The zero-order valence-corrected chi connectivity index (χ0v) is 5.66. The minimum atomic E-state index is -1.16. The number of carboxylic acid groups (broad SMARTS) is 1. The van der Waals surface area contributed by atoms with Crippen molar-refractivity contribution in [2.24, 2.45) is 0 Å². The number of hydrogen-bond donors (Lipinski definition) is 2. The molecule has 5 nitrogen and oxygen atoms in total. The van der Waals surface area contributed by atoms with E-state index in [9.17, 15) is 9.59 Å². The number of rotatable bonds is 1. The molecule has 0 aliphatic carbocycles. The van der Waals surface area contributed by atoms with Crippen LogP contribution in [0.15, 0.2) is 11.8 Å². The highest BCUT2D eigenvalue weighted by molar-refractivity contribution is 5.95. The smallest absolute Gasteiger partial charge is 0.354 e. The standard InChI is InChI=1S/C6H7NO4/c8-5(9)3-4-6(10)11-2-1-7-4/h3,7H,1-2H2,(H,8,9)/b4-3+. The number of morpholine rings is 1. The molecular formula is C6H7NO4. The van der Waals surface area contributed by atoms with Crippen molar-refractivity contribution < 1.29 is 19.4 Å². The van der Waals surface area contributed by atoms with Crippen molar-refractivity contribution in [2.75, 3.05) is 13.2 Å². The molecule has 0 saturated carbocycles. The van der Waals surface area contributed by atoms with Crippen molar-refractivity contribution in [1.82, 2.24) is 5.32 Å². The first kappa shape index (κ1) is 7.59. The number of hydrogen-bond acceptors (Lipinski definition) is 4. The van der Waals surface area contributed by atoms with Gasteiger partial charge in [-0.3, -0.25) is 0 Å². The Morgan fingerprint density at radius 1 is 1.73 bits per heavy atom. The Hall–Kier alpha value is -1.52. The van der Waals surface area contributed by atoms with E-state index < -0.39 is 11.9 Å². The molecule has 0 spiro atoms. The first-order chi connectivity index (χ1) is 5.20. The van der Waals surface area contributed by atoms with E-state index in [0.29, 0.717) is 6.54 Å². The van der Waals surface area contributed by atoms with Gasteiger partial charge in [-0.25, -0.2) is 9.59 Å². The van der Waals surface area contributed by atoms with Crippen molar-refractivity contribution in [3.05, 3.63) is 11.8 Å². The number of carboxylic acids is 1. The van der Waals surface area contributed by atoms with Gasteiger partial charge in [0, 0.05) is 6.54 Å². The summed E-state index contributed by atoms with van der Waals surface area (Å²) in [5.41, 5.74) is 0.00347. The molecule has 0 unspecified atom stereocenters. The normalized spacial score (nSPS) is 20.7. The quantitative estimate of drug-likeness (QED) is 0.381. The second-order valence-electron chi connectivity index (χ2n) is 1.96. The number of carbonyl (C=O) groups excluding carboxylic acids is 1. The molecule has 2 N–H and O–H groups in total. The van der Waals surface area contributed by atoms with Gasteiger partial charge in [0.1, 0.15) is 12.3 Å². The van der Waals surface area contributed by atoms with Crippen LogP contribution in [0.5, 0.6) is 0 Å². The summed E-state index contributed by atoms with van der Waals surface area (Å²) in [5, 5.41) is 10.9. The van der Waals surface area contributed by atoms with Crippen molar-refractivity contribution in [2.45, 2.75) is 0 Å². The number of aliphatic carboxylic acids is 1. The SMILES string of the molecule is O=C(O)/C=C1/NCCOC1=O. The Bertz CT molecular complexity index is 221. The summed E-state index contributed by atoms with van der Waals surface area (Å²) < 4.78 is 4.56. The Morgan fingerprint density at radius 3 is 3.00 bits per heavy atom. The van der Waals surface area contributed by atoms with Gasteiger partial charge in [-0.1, -0.05) is 0 Å². The molecule has 1 aliphatic rings. The van der Waals surface area contributed by atoms with E-state index >= 15 is 0 Å². The Labute approximate surface area is 62.6 Å². The van der Waals surface area contributed by atoms with Gasteiger partial charge < -0.3 is 15.2 Å². The van der Waals surface area contributed by atoms with E-state index in [1.54, 1.807) is 0 Å². The molecule has 0 radical (unpaired) electrons. The molecule has 0 aromatic carbocycles. The largest absolute Gasteiger partial charge is 0.478 e. The minimum Gasteiger partial charge on any atom is -0.478 e. The first-order valence-corrected chi connectivity index (χ1v) is 3.06. The van der Waals surface area contributed by atoms with Gasteiger partial charge in [0.2, 0.25) is 0 Å². The average Bonchev–Trinajstić information content (AvgIpc) is 1.93.